The van der Waals surface area contributed by atoms with E-state index in [0.717, 1.165) is 11.3 Å². The van der Waals surface area contributed by atoms with Crippen LogP contribution in [0.3, 0.4) is 0 Å². The summed E-state index contributed by atoms with van der Waals surface area (Å²) in [7, 11) is 0. The van der Waals surface area contributed by atoms with E-state index in [-0.39, 0.29) is 29.3 Å². The second kappa shape index (κ2) is 6.39. The van der Waals surface area contributed by atoms with E-state index < -0.39 is 0 Å². The first-order valence-electron chi connectivity index (χ1n) is 8.48. The lowest BCUT2D eigenvalue weighted by Gasteiger charge is -2.28. The molecule has 0 saturated carbocycles. The molecule has 1 aromatic rings. The van der Waals surface area contributed by atoms with Gasteiger partial charge >= 0.3 is 0 Å². The zero-order valence-electron chi connectivity index (χ0n) is 15.0. The van der Waals surface area contributed by atoms with E-state index >= 15 is 0 Å². The van der Waals surface area contributed by atoms with E-state index in [1.54, 1.807) is 12.1 Å². The van der Waals surface area contributed by atoms with Gasteiger partial charge in [0, 0.05) is 12.2 Å². The molecule has 3 rings (SSSR count). The summed E-state index contributed by atoms with van der Waals surface area (Å²) in [5.41, 5.74) is 2.21. The molecule has 0 aliphatic carbocycles. The average Bonchev–Trinajstić information content (AvgIpc) is 2.94. The topological polar surface area (TPSA) is 44.4 Å². The number of carbonyl (C=O) groups excluding carboxylic acids is 1. The van der Waals surface area contributed by atoms with Crippen LogP contribution in [-0.2, 0) is 4.79 Å². The maximum atomic E-state index is 13.2. The van der Waals surface area contributed by atoms with Crippen molar-refractivity contribution in [3.63, 3.8) is 0 Å². The molecule has 25 heavy (non-hydrogen) atoms. The van der Waals surface area contributed by atoms with E-state index in [9.17, 15) is 9.18 Å². The minimum atomic E-state index is -0.277. The van der Waals surface area contributed by atoms with Gasteiger partial charge in [-0.25, -0.2) is 4.39 Å². The number of hydrogen-bond acceptors (Lipinski definition) is 3. The van der Waals surface area contributed by atoms with Gasteiger partial charge in [0.2, 0.25) is 0 Å². The number of allylic oxidation sites excluding steroid dienone is 3. The molecule has 0 saturated heterocycles. The lowest BCUT2D eigenvalue weighted by atomic mass is 9.88. The largest absolute Gasteiger partial charge is 0.355 e. The summed E-state index contributed by atoms with van der Waals surface area (Å²) in [6.45, 7) is 8.28. The molecule has 0 bridgehead atoms. The Morgan fingerprint density at radius 1 is 1.24 bits per heavy atom. The van der Waals surface area contributed by atoms with Gasteiger partial charge in [-0.15, -0.1) is 0 Å². The monoisotopic (exact) mass is 341 g/mol. The van der Waals surface area contributed by atoms with E-state index in [2.05, 4.69) is 31.4 Å². The third kappa shape index (κ3) is 3.45. The van der Waals surface area contributed by atoms with Gasteiger partial charge in [0.05, 0.1) is 5.70 Å². The summed E-state index contributed by atoms with van der Waals surface area (Å²) in [4.78, 5) is 14.8. The first-order valence-corrected chi connectivity index (χ1v) is 8.48. The van der Waals surface area contributed by atoms with Crippen LogP contribution in [-0.4, -0.2) is 16.8 Å². The summed E-state index contributed by atoms with van der Waals surface area (Å²) >= 11 is 0. The first kappa shape index (κ1) is 17.3. The molecular formula is C20H24FN3O. The Hall–Kier alpha value is -2.56. The van der Waals surface area contributed by atoms with Crippen molar-refractivity contribution < 1.29 is 9.18 Å². The Bertz CT molecular complexity index is 756. The maximum absolute atomic E-state index is 13.2. The Labute approximate surface area is 148 Å². The molecule has 0 radical (unpaired) electrons. The summed E-state index contributed by atoms with van der Waals surface area (Å²) in [5.74, 6) is -0.409. The van der Waals surface area contributed by atoms with Crippen LogP contribution in [0.15, 0.2) is 60.1 Å². The van der Waals surface area contributed by atoms with Crippen LogP contribution in [0.5, 0.6) is 0 Å². The first-order chi connectivity index (χ1) is 11.8. The van der Waals surface area contributed by atoms with Crippen LogP contribution in [0.4, 0.5) is 4.39 Å². The summed E-state index contributed by atoms with van der Waals surface area (Å²) < 4.78 is 13.2. The number of nitrogens with zero attached hydrogens (tertiary/aromatic N) is 1. The van der Waals surface area contributed by atoms with Crippen LogP contribution < -0.4 is 10.6 Å². The summed E-state index contributed by atoms with van der Waals surface area (Å²) in [6.07, 6.45) is 7.42. The standard InChI is InChI=1S/C20H24FN3O/c1-13(20(2,3)4)22-19(25)17-16-7-5-6-12-24(16)18(23-17)14-8-10-15(21)11-9-14/h5-13,18,23H,1-4H3,(H,22,25). The fraction of sp³-hybridized carbons (Fsp3) is 0.350. The zero-order valence-corrected chi connectivity index (χ0v) is 15.0. The van der Waals surface area contributed by atoms with Crippen molar-refractivity contribution in [2.75, 3.05) is 0 Å². The van der Waals surface area contributed by atoms with Crippen LogP contribution in [0.25, 0.3) is 0 Å². The van der Waals surface area contributed by atoms with Crippen LogP contribution >= 0.6 is 0 Å². The lowest BCUT2D eigenvalue weighted by molar-refractivity contribution is -0.119. The van der Waals surface area contributed by atoms with Crippen LogP contribution in [0, 0.1) is 11.2 Å². The van der Waals surface area contributed by atoms with Crippen molar-refractivity contribution in [1.82, 2.24) is 15.5 Å². The number of halogens is 1. The Kier molecular flexibility index (Phi) is 4.41. The number of rotatable bonds is 3. The molecule has 132 valence electrons. The molecule has 0 fully saturated rings. The Morgan fingerprint density at radius 3 is 2.56 bits per heavy atom. The van der Waals surface area contributed by atoms with Crippen molar-refractivity contribution in [3.8, 4) is 0 Å². The molecule has 0 aromatic heterocycles. The van der Waals surface area contributed by atoms with Gasteiger partial charge in [0.1, 0.15) is 17.7 Å². The van der Waals surface area contributed by atoms with Crippen molar-refractivity contribution in [2.45, 2.75) is 39.9 Å². The van der Waals surface area contributed by atoms with Gasteiger partial charge < -0.3 is 15.5 Å². The van der Waals surface area contributed by atoms with Crippen molar-refractivity contribution in [1.29, 1.82) is 0 Å². The normalized spacial score (nSPS) is 20.4. The number of amides is 1. The van der Waals surface area contributed by atoms with Gasteiger partial charge in [0.15, 0.2) is 0 Å². The molecule has 2 aliphatic heterocycles. The summed E-state index contributed by atoms with van der Waals surface area (Å²) in [6, 6.07) is 6.35. The number of carbonyl (C=O) groups is 1. The van der Waals surface area contributed by atoms with Crippen molar-refractivity contribution >= 4 is 5.91 Å². The molecule has 0 spiro atoms. The quantitative estimate of drug-likeness (QED) is 0.883. The van der Waals surface area contributed by atoms with E-state index in [4.69, 9.17) is 0 Å². The SMILES string of the molecule is CC(NC(=O)C1=C2C=CC=CN2C(c2ccc(F)cc2)N1)C(C)(C)C. The van der Waals surface area contributed by atoms with Gasteiger partial charge in [-0.05, 0) is 42.2 Å². The summed E-state index contributed by atoms with van der Waals surface area (Å²) in [5, 5.41) is 6.37. The van der Waals surface area contributed by atoms with E-state index in [0.29, 0.717) is 5.70 Å². The molecule has 2 N–H and O–H groups in total. The maximum Gasteiger partial charge on any atom is 0.269 e. The minimum absolute atomic E-state index is 0.0244. The Balaban J connectivity index is 1.86. The molecule has 2 atom stereocenters. The van der Waals surface area contributed by atoms with Gasteiger partial charge in [-0.2, -0.15) is 0 Å². The molecule has 2 unspecified atom stereocenters. The number of nitrogens with one attached hydrogen (secondary N) is 2. The minimum Gasteiger partial charge on any atom is -0.355 e. The van der Waals surface area contributed by atoms with Crippen LogP contribution in [0.1, 0.15) is 39.4 Å². The molecule has 1 aromatic carbocycles. The fourth-order valence-corrected chi connectivity index (χ4v) is 2.73. The van der Waals surface area contributed by atoms with Crippen molar-refractivity contribution in [3.05, 3.63) is 71.5 Å². The predicted octanol–water partition coefficient (Wildman–Crippen LogP) is 3.58. The second-order valence-corrected chi connectivity index (χ2v) is 7.53. The predicted molar refractivity (Wildman–Crippen MR) is 96.5 cm³/mol. The van der Waals surface area contributed by atoms with Crippen LogP contribution in [0.2, 0.25) is 0 Å². The number of fused-ring (bicyclic) bond motifs is 1. The average molecular weight is 341 g/mol. The smallest absolute Gasteiger partial charge is 0.269 e. The van der Waals surface area contributed by atoms with E-state index in [1.807, 2.05) is 36.3 Å². The Morgan fingerprint density at radius 2 is 1.92 bits per heavy atom. The van der Waals surface area contributed by atoms with Gasteiger partial charge in [-0.3, -0.25) is 4.79 Å². The molecule has 2 aliphatic rings. The van der Waals surface area contributed by atoms with Crippen molar-refractivity contribution in [2.24, 2.45) is 5.41 Å². The second-order valence-electron chi connectivity index (χ2n) is 7.53. The lowest BCUT2D eigenvalue weighted by Crippen LogP contribution is -2.43. The molecule has 4 nitrogen and oxygen atoms in total. The molecule has 1 amide bonds. The van der Waals surface area contributed by atoms with Gasteiger partial charge in [-0.1, -0.05) is 39.0 Å². The molecule has 2 heterocycles. The highest BCUT2D eigenvalue weighted by atomic mass is 19.1. The highest BCUT2D eigenvalue weighted by Gasteiger charge is 2.35. The number of benzene rings is 1. The number of hydrogen-bond donors (Lipinski definition) is 2. The highest BCUT2D eigenvalue weighted by Crippen LogP contribution is 2.34. The fourth-order valence-electron chi connectivity index (χ4n) is 2.73. The van der Waals surface area contributed by atoms with E-state index in [1.165, 1.54) is 12.1 Å². The highest BCUT2D eigenvalue weighted by molar-refractivity contribution is 5.95. The van der Waals surface area contributed by atoms with Gasteiger partial charge in [0.25, 0.3) is 5.91 Å². The molecule has 5 heteroatoms. The molecular weight excluding hydrogens is 317 g/mol. The zero-order chi connectivity index (χ0) is 18.2. The third-order valence-electron chi connectivity index (χ3n) is 4.76. The third-order valence-corrected chi connectivity index (χ3v) is 4.76.